The number of fused-ring (bicyclic) bond motifs is 1. The largest absolute Gasteiger partial charge is 0.384 e. The molecule has 104 valence electrons. The Labute approximate surface area is 114 Å². The lowest BCUT2D eigenvalue weighted by Crippen LogP contribution is -2.29. The molecule has 1 aromatic rings. The van der Waals surface area contributed by atoms with Crippen LogP contribution in [0.2, 0.25) is 0 Å². The molecule has 19 heavy (non-hydrogen) atoms. The van der Waals surface area contributed by atoms with E-state index in [4.69, 9.17) is 0 Å². The van der Waals surface area contributed by atoms with E-state index in [9.17, 15) is 8.42 Å². The molecule has 1 N–H and O–H groups in total. The molecular weight excluding hydrogens is 260 g/mol. The Balaban J connectivity index is 1.83. The van der Waals surface area contributed by atoms with E-state index in [2.05, 4.69) is 12.2 Å². The van der Waals surface area contributed by atoms with Gasteiger partial charge in [0, 0.05) is 25.8 Å². The molecule has 0 aromatic heterocycles. The van der Waals surface area contributed by atoms with Crippen LogP contribution in [-0.2, 0) is 16.4 Å². The highest BCUT2D eigenvalue weighted by atomic mass is 32.2. The van der Waals surface area contributed by atoms with Gasteiger partial charge in [0.1, 0.15) is 0 Å². The first-order valence-corrected chi connectivity index (χ1v) is 8.25. The number of rotatable bonds is 4. The minimum Gasteiger partial charge on any atom is -0.384 e. The first kappa shape index (κ1) is 12.9. The van der Waals surface area contributed by atoms with Crippen LogP contribution >= 0.6 is 0 Å². The summed E-state index contributed by atoms with van der Waals surface area (Å²) in [5.41, 5.74) is 2.17. The molecule has 1 aliphatic carbocycles. The van der Waals surface area contributed by atoms with Gasteiger partial charge in [0.2, 0.25) is 10.0 Å². The minimum atomic E-state index is -3.33. The fraction of sp³-hybridized carbons (Fsp3) is 0.571. The quantitative estimate of drug-likeness (QED) is 0.917. The molecule has 0 radical (unpaired) electrons. The summed E-state index contributed by atoms with van der Waals surface area (Å²) in [6.45, 7) is 3.71. The van der Waals surface area contributed by atoms with E-state index in [0.717, 1.165) is 30.6 Å². The van der Waals surface area contributed by atoms with Gasteiger partial charge in [0.15, 0.2) is 0 Å². The molecule has 1 fully saturated rings. The molecule has 0 amide bonds. The highest BCUT2D eigenvalue weighted by Crippen LogP contribution is 2.39. The Morgan fingerprint density at radius 2 is 2.16 bits per heavy atom. The fourth-order valence-electron chi connectivity index (χ4n) is 2.70. The van der Waals surface area contributed by atoms with E-state index in [1.165, 1.54) is 4.31 Å². The van der Waals surface area contributed by atoms with E-state index < -0.39 is 10.0 Å². The Bertz CT molecular complexity index is 597. The number of sulfonamides is 1. The summed E-state index contributed by atoms with van der Waals surface area (Å²) in [7, 11) is -1.65. The Kier molecular flexibility index (Phi) is 3.06. The average Bonchev–Trinajstić information content (AvgIpc) is 2.90. The number of hydrogen-bond acceptors (Lipinski definition) is 3. The van der Waals surface area contributed by atoms with Crippen LogP contribution in [-0.4, -0.2) is 32.9 Å². The van der Waals surface area contributed by atoms with E-state index in [-0.39, 0.29) is 0 Å². The summed E-state index contributed by atoms with van der Waals surface area (Å²) in [5, 5.41) is 3.25. The standard InChI is InChI=1S/C14H20N2O2S/c1-10-7-12(10)9-16(2)19(17,18)13-3-4-14-11(8-13)5-6-15-14/h3-4,8,10,12,15H,5-7,9H2,1-2H3. The van der Waals surface area contributed by atoms with Crippen LogP contribution in [0.3, 0.4) is 0 Å². The molecule has 0 saturated heterocycles. The Morgan fingerprint density at radius 3 is 2.84 bits per heavy atom. The summed E-state index contributed by atoms with van der Waals surface area (Å²) >= 11 is 0. The SMILES string of the molecule is CC1CC1CN(C)S(=O)(=O)c1ccc2c(c1)CCN2. The van der Waals surface area contributed by atoms with Crippen molar-refractivity contribution in [2.75, 3.05) is 25.5 Å². The van der Waals surface area contributed by atoms with Crippen molar-refractivity contribution in [1.82, 2.24) is 4.31 Å². The van der Waals surface area contributed by atoms with Crippen LogP contribution in [0, 0.1) is 11.8 Å². The summed E-state index contributed by atoms with van der Waals surface area (Å²) < 4.78 is 26.5. The van der Waals surface area contributed by atoms with Gasteiger partial charge in [-0.05, 0) is 48.4 Å². The second-order valence-corrected chi connectivity index (χ2v) is 7.80. The zero-order valence-electron chi connectivity index (χ0n) is 11.4. The first-order chi connectivity index (χ1) is 8.98. The monoisotopic (exact) mass is 280 g/mol. The van der Waals surface area contributed by atoms with Crippen molar-refractivity contribution >= 4 is 15.7 Å². The van der Waals surface area contributed by atoms with Crippen LogP contribution in [0.4, 0.5) is 5.69 Å². The number of anilines is 1. The predicted molar refractivity (Wildman–Crippen MR) is 75.7 cm³/mol. The van der Waals surface area contributed by atoms with Gasteiger partial charge in [-0.15, -0.1) is 0 Å². The third kappa shape index (κ3) is 2.37. The molecule has 1 saturated carbocycles. The molecule has 0 bridgehead atoms. The second-order valence-electron chi connectivity index (χ2n) is 5.75. The fourth-order valence-corrected chi connectivity index (χ4v) is 3.98. The van der Waals surface area contributed by atoms with E-state index in [1.54, 1.807) is 13.1 Å². The van der Waals surface area contributed by atoms with E-state index in [0.29, 0.717) is 23.3 Å². The topological polar surface area (TPSA) is 49.4 Å². The number of hydrogen-bond donors (Lipinski definition) is 1. The van der Waals surface area contributed by atoms with E-state index in [1.807, 2.05) is 12.1 Å². The molecule has 2 aliphatic rings. The Morgan fingerprint density at radius 1 is 1.42 bits per heavy atom. The maximum Gasteiger partial charge on any atom is 0.242 e. The summed E-state index contributed by atoms with van der Waals surface area (Å²) in [6.07, 6.45) is 2.05. The van der Waals surface area contributed by atoms with Gasteiger partial charge in [-0.25, -0.2) is 12.7 Å². The first-order valence-electron chi connectivity index (χ1n) is 6.81. The third-order valence-corrected chi connectivity index (χ3v) is 6.08. The van der Waals surface area contributed by atoms with Crippen molar-refractivity contribution in [3.63, 3.8) is 0 Å². The number of benzene rings is 1. The van der Waals surface area contributed by atoms with Crippen molar-refractivity contribution < 1.29 is 8.42 Å². The highest BCUT2D eigenvalue weighted by molar-refractivity contribution is 7.89. The molecule has 2 atom stereocenters. The maximum atomic E-state index is 12.5. The van der Waals surface area contributed by atoms with Gasteiger partial charge in [-0.2, -0.15) is 0 Å². The lowest BCUT2D eigenvalue weighted by Gasteiger charge is -2.17. The van der Waals surface area contributed by atoms with Crippen LogP contribution in [0.1, 0.15) is 18.9 Å². The molecule has 3 rings (SSSR count). The summed E-state index contributed by atoms with van der Waals surface area (Å²) in [4.78, 5) is 0.422. The summed E-state index contributed by atoms with van der Waals surface area (Å²) in [5.74, 6) is 1.21. The van der Waals surface area contributed by atoms with Crippen molar-refractivity contribution in [2.45, 2.75) is 24.7 Å². The molecule has 1 aromatic carbocycles. The molecule has 2 unspecified atom stereocenters. The second kappa shape index (κ2) is 4.49. The third-order valence-electron chi connectivity index (χ3n) is 4.26. The lowest BCUT2D eigenvalue weighted by molar-refractivity contribution is 0.444. The van der Waals surface area contributed by atoms with Gasteiger partial charge < -0.3 is 5.32 Å². The predicted octanol–water partition coefficient (Wildman–Crippen LogP) is 1.93. The maximum absolute atomic E-state index is 12.5. The van der Waals surface area contributed by atoms with Gasteiger partial charge in [0.05, 0.1) is 4.90 Å². The zero-order valence-corrected chi connectivity index (χ0v) is 12.2. The van der Waals surface area contributed by atoms with Crippen molar-refractivity contribution in [2.24, 2.45) is 11.8 Å². The van der Waals surface area contributed by atoms with Gasteiger partial charge in [-0.1, -0.05) is 6.92 Å². The lowest BCUT2D eigenvalue weighted by atomic mass is 10.2. The van der Waals surface area contributed by atoms with Crippen LogP contribution in [0.15, 0.2) is 23.1 Å². The molecule has 5 heteroatoms. The smallest absolute Gasteiger partial charge is 0.242 e. The van der Waals surface area contributed by atoms with E-state index >= 15 is 0 Å². The molecular formula is C14H20N2O2S. The van der Waals surface area contributed by atoms with Crippen molar-refractivity contribution in [1.29, 1.82) is 0 Å². The van der Waals surface area contributed by atoms with Crippen LogP contribution < -0.4 is 5.32 Å². The summed E-state index contributed by atoms with van der Waals surface area (Å²) in [6, 6.07) is 5.40. The molecule has 1 heterocycles. The highest BCUT2D eigenvalue weighted by Gasteiger charge is 2.36. The van der Waals surface area contributed by atoms with Crippen molar-refractivity contribution in [3.8, 4) is 0 Å². The van der Waals surface area contributed by atoms with Gasteiger partial charge >= 0.3 is 0 Å². The average molecular weight is 280 g/mol. The Hall–Kier alpha value is -1.07. The van der Waals surface area contributed by atoms with Crippen molar-refractivity contribution in [3.05, 3.63) is 23.8 Å². The minimum absolute atomic E-state index is 0.422. The van der Waals surface area contributed by atoms with Crippen LogP contribution in [0.25, 0.3) is 0 Å². The number of nitrogens with one attached hydrogen (secondary N) is 1. The zero-order chi connectivity index (χ0) is 13.6. The molecule has 4 nitrogen and oxygen atoms in total. The normalized spacial score (nSPS) is 25.2. The molecule has 1 aliphatic heterocycles. The van der Waals surface area contributed by atoms with Gasteiger partial charge in [-0.3, -0.25) is 0 Å². The number of nitrogens with zero attached hydrogens (tertiary/aromatic N) is 1. The van der Waals surface area contributed by atoms with Crippen LogP contribution in [0.5, 0.6) is 0 Å². The molecule has 0 spiro atoms. The van der Waals surface area contributed by atoms with Gasteiger partial charge in [0.25, 0.3) is 0 Å².